The van der Waals surface area contributed by atoms with Gasteiger partial charge in [0.1, 0.15) is 5.01 Å². The van der Waals surface area contributed by atoms with Gasteiger partial charge in [-0.2, -0.15) is 0 Å². The van der Waals surface area contributed by atoms with Crippen LogP contribution in [-0.2, 0) is 6.54 Å². The van der Waals surface area contributed by atoms with Crippen LogP contribution >= 0.6 is 11.3 Å². The van der Waals surface area contributed by atoms with Crippen LogP contribution in [0.25, 0.3) is 10.6 Å². The number of thiazole rings is 1. The zero-order valence-corrected chi connectivity index (χ0v) is 8.71. The van der Waals surface area contributed by atoms with Gasteiger partial charge in [-0.3, -0.25) is 4.98 Å². The molecule has 0 aliphatic carbocycles. The van der Waals surface area contributed by atoms with E-state index in [1.165, 1.54) is 0 Å². The summed E-state index contributed by atoms with van der Waals surface area (Å²) in [5, 5.41) is 0.961. The van der Waals surface area contributed by atoms with Crippen molar-refractivity contribution >= 4 is 11.3 Å². The third kappa shape index (κ3) is 1.66. The second kappa shape index (κ2) is 3.86. The van der Waals surface area contributed by atoms with E-state index < -0.39 is 0 Å². The van der Waals surface area contributed by atoms with Gasteiger partial charge in [-0.25, -0.2) is 4.98 Å². The zero-order valence-electron chi connectivity index (χ0n) is 7.90. The van der Waals surface area contributed by atoms with Crippen LogP contribution in [0.3, 0.4) is 0 Å². The Morgan fingerprint density at radius 2 is 2.29 bits per heavy atom. The number of pyridine rings is 1. The normalized spacial score (nSPS) is 10.4. The largest absolute Gasteiger partial charge is 0.325 e. The van der Waals surface area contributed by atoms with E-state index in [4.69, 9.17) is 5.73 Å². The van der Waals surface area contributed by atoms with Crippen molar-refractivity contribution in [3.8, 4) is 10.6 Å². The maximum atomic E-state index is 5.54. The summed E-state index contributed by atoms with van der Waals surface area (Å²) < 4.78 is 0. The minimum atomic E-state index is 0.498. The van der Waals surface area contributed by atoms with E-state index >= 15 is 0 Å². The number of aryl methyl sites for hydroxylation is 1. The van der Waals surface area contributed by atoms with Crippen molar-refractivity contribution in [3.05, 3.63) is 35.1 Å². The smallest absolute Gasteiger partial charge is 0.107 e. The van der Waals surface area contributed by atoms with E-state index in [-0.39, 0.29) is 0 Å². The molecule has 0 aliphatic rings. The summed E-state index contributed by atoms with van der Waals surface area (Å²) >= 11 is 1.61. The fraction of sp³-hybridized carbons (Fsp3) is 0.200. The van der Waals surface area contributed by atoms with E-state index in [1.807, 2.05) is 25.1 Å². The van der Waals surface area contributed by atoms with Gasteiger partial charge in [-0.05, 0) is 19.1 Å². The van der Waals surface area contributed by atoms with Crippen LogP contribution in [0.15, 0.2) is 24.4 Å². The van der Waals surface area contributed by atoms with Crippen LogP contribution in [0.4, 0.5) is 0 Å². The minimum Gasteiger partial charge on any atom is -0.325 e. The number of rotatable bonds is 2. The minimum absolute atomic E-state index is 0.498. The van der Waals surface area contributed by atoms with Crippen molar-refractivity contribution in [1.29, 1.82) is 0 Å². The monoisotopic (exact) mass is 205 g/mol. The van der Waals surface area contributed by atoms with Crippen molar-refractivity contribution in [2.24, 2.45) is 5.73 Å². The first-order chi connectivity index (χ1) is 6.81. The van der Waals surface area contributed by atoms with Crippen molar-refractivity contribution in [1.82, 2.24) is 9.97 Å². The number of nitrogens with zero attached hydrogens (tertiary/aromatic N) is 2. The van der Waals surface area contributed by atoms with E-state index in [1.54, 1.807) is 17.5 Å². The molecule has 72 valence electrons. The molecule has 2 heterocycles. The lowest BCUT2D eigenvalue weighted by molar-refractivity contribution is 1.02. The number of hydrogen-bond acceptors (Lipinski definition) is 4. The molecule has 14 heavy (non-hydrogen) atoms. The highest BCUT2D eigenvalue weighted by molar-refractivity contribution is 7.15. The van der Waals surface area contributed by atoms with Crippen molar-refractivity contribution in [2.45, 2.75) is 13.5 Å². The summed E-state index contributed by atoms with van der Waals surface area (Å²) in [6, 6.07) is 5.87. The second-order valence-electron chi connectivity index (χ2n) is 2.94. The molecule has 3 nitrogen and oxygen atoms in total. The molecule has 0 aromatic carbocycles. The lowest BCUT2D eigenvalue weighted by atomic mass is 10.3. The average Bonchev–Trinajstić information content (AvgIpc) is 2.61. The first-order valence-electron chi connectivity index (χ1n) is 4.39. The Balaban J connectivity index is 2.46. The summed E-state index contributed by atoms with van der Waals surface area (Å²) in [4.78, 5) is 9.76. The summed E-state index contributed by atoms with van der Waals surface area (Å²) in [7, 11) is 0. The topological polar surface area (TPSA) is 51.8 Å². The molecule has 2 rings (SSSR count). The van der Waals surface area contributed by atoms with Crippen LogP contribution in [-0.4, -0.2) is 9.97 Å². The van der Waals surface area contributed by atoms with Gasteiger partial charge in [0.15, 0.2) is 0 Å². The van der Waals surface area contributed by atoms with Gasteiger partial charge < -0.3 is 5.73 Å². The fourth-order valence-corrected chi connectivity index (χ4v) is 2.19. The summed E-state index contributed by atoms with van der Waals surface area (Å²) in [5.74, 6) is 0. The number of aromatic nitrogens is 2. The highest BCUT2D eigenvalue weighted by Gasteiger charge is 2.08. The Bertz CT molecular complexity index is 422. The molecule has 2 aromatic rings. The highest BCUT2D eigenvalue weighted by Crippen LogP contribution is 2.27. The van der Waals surface area contributed by atoms with Crippen molar-refractivity contribution in [3.63, 3.8) is 0 Å². The van der Waals surface area contributed by atoms with Gasteiger partial charge in [0.2, 0.25) is 0 Å². The quantitative estimate of drug-likeness (QED) is 0.815. The number of hydrogen-bond donors (Lipinski definition) is 1. The van der Waals surface area contributed by atoms with Gasteiger partial charge >= 0.3 is 0 Å². The molecule has 4 heteroatoms. The maximum Gasteiger partial charge on any atom is 0.107 e. The summed E-state index contributed by atoms with van der Waals surface area (Å²) in [5.41, 5.74) is 7.52. The Morgan fingerprint density at radius 3 is 2.86 bits per heavy atom. The Morgan fingerprint density at radius 1 is 1.43 bits per heavy atom. The second-order valence-corrected chi connectivity index (χ2v) is 4.02. The molecule has 0 unspecified atom stereocenters. The van der Waals surface area contributed by atoms with Crippen LogP contribution in [0.1, 0.15) is 10.7 Å². The molecule has 0 radical (unpaired) electrons. The summed E-state index contributed by atoms with van der Waals surface area (Å²) in [6.45, 7) is 2.48. The van der Waals surface area contributed by atoms with Gasteiger partial charge in [0, 0.05) is 12.7 Å². The van der Waals surface area contributed by atoms with E-state index in [2.05, 4.69) is 9.97 Å². The molecule has 0 amide bonds. The molecule has 0 spiro atoms. The molecule has 0 atom stereocenters. The fourth-order valence-electron chi connectivity index (χ4n) is 1.27. The third-order valence-electron chi connectivity index (χ3n) is 1.91. The zero-order chi connectivity index (χ0) is 9.97. The molecule has 0 aliphatic heterocycles. The Kier molecular flexibility index (Phi) is 2.56. The van der Waals surface area contributed by atoms with Gasteiger partial charge in [0.25, 0.3) is 0 Å². The van der Waals surface area contributed by atoms with Gasteiger partial charge in [-0.1, -0.05) is 6.07 Å². The molecular formula is C10H11N3S. The van der Waals surface area contributed by atoms with Crippen molar-refractivity contribution in [2.75, 3.05) is 0 Å². The van der Waals surface area contributed by atoms with E-state index in [0.29, 0.717) is 6.54 Å². The first-order valence-corrected chi connectivity index (χ1v) is 5.20. The molecule has 0 bridgehead atoms. The Labute approximate surface area is 86.6 Å². The SMILES string of the molecule is Cc1nc(CN)sc1-c1ccccn1. The molecule has 0 saturated heterocycles. The Hall–Kier alpha value is -1.26. The molecular weight excluding hydrogens is 194 g/mol. The lowest BCUT2D eigenvalue weighted by Gasteiger charge is -1.95. The van der Waals surface area contributed by atoms with Gasteiger partial charge in [0.05, 0.1) is 16.3 Å². The summed E-state index contributed by atoms with van der Waals surface area (Å²) in [6.07, 6.45) is 1.79. The van der Waals surface area contributed by atoms with Gasteiger partial charge in [-0.15, -0.1) is 11.3 Å². The molecule has 2 N–H and O–H groups in total. The van der Waals surface area contributed by atoms with Crippen LogP contribution in [0.2, 0.25) is 0 Å². The van der Waals surface area contributed by atoms with E-state index in [0.717, 1.165) is 21.3 Å². The van der Waals surface area contributed by atoms with Crippen LogP contribution in [0, 0.1) is 6.92 Å². The van der Waals surface area contributed by atoms with Crippen LogP contribution in [0.5, 0.6) is 0 Å². The molecule has 2 aromatic heterocycles. The predicted molar refractivity (Wildman–Crippen MR) is 58.0 cm³/mol. The highest BCUT2D eigenvalue weighted by atomic mass is 32.1. The maximum absolute atomic E-state index is 5.54. The number of nitrogens with two attached hydrogens (primary N) is 1. The molecule has 0 saturated carbocycles. The first kappa shape index (κ1) is 9.30. The average molecular weight is 205 g/mol. The van der Waals surface area contributed by atoms with Crippen molar-refractivity contribution < 1.29 is 0 Å². The predicted octanol–water partition coefficient (Wildman–Crippen LogP) is 1.97. The molecule has 0 fully saturated rings. The van der Waals surface area contributed by atoms with Crippen LogP contribution < -0.4 is 5.73 Å². The third-order valence-corrected chi connectivity index (χ3v) is 3.12. The van der Waals surface area contributed by atoms with E-state index in [9.17, 15) is 0 Å². The lowest BCUT2D eigenvalue weighted by Crippen LogP contribution is -1.94. The standard InChI is InChI=1S/C10H11N3S/c1-7-10(14-9(6-11)13-7)8-4-2-3-5-12-8/h2-5H,6,11H2,1H3.